The third-order valence-corrected chi connectivity index (χ3v) is 5.64. The number of ketones is 1. The van der Waals surface area contributed by atoms with E-state index >= 15 is 0 Å². The van der Waals surface area contributed by atoms with E-state index in [1.54, 1.807) is 26.5 Å². The monoisotopic (exact) mass is 386 g/mol. The molecule has 2 aliphatic heterocycles. The van der Waals surface area contributed by atoms with Gasteiger partial charge < -0.3 is 9.47 Å². The lowest BCUT2D eigenvalue weighted by Gasteiger charge is -2.32. The molecule has 0 radical (unpaired) electrons. The van der Waals surface area contributed by atoms with Gasteiger partial charge in [0.1, 0.15) is 6.54 Å². The van der Waals surface area contributed by atoms with Crippen LogP contribution in [0.3, 0.4) is 0 Å². The molecule has 2 fully saturated rings. The number of imidazole rings is 1. The van der Waals surface area contributed by atoms with Crippen LogP contribution >= 0.6 is 0 Å². The van der Waals surface area contributed by atoms with Gasteiger partial charge in [-0.3, -0.25) is 14.5 Å². The van der Waals surface area contributed by atoms with E-state index in [1.807, 2.05) is 7.05 Å². The van der Waals surface area contributed by atoms with E-state index in [0.717, 1.165) is 25.9 Å². The molecular formula is C18H26N8O2. The Labute approximate surface area is 163 Å². The molecule has 2 aromatic rings. The number of rotatable bonds is 6. The predicted octanol–water partition coefficient (Wildman–Crippen LogP) is 0.124. The number of piperidine rings is 1. The number of Topliss-reactive ketones (excluding diaryl/α,β-unsaturated/α-hetero) is 1. The minimum Gasteiger partial charge on any atom is -0.340 e. The standard InChI is InChI=1S/C18H26N8O2/c1-23-10-6-19-18(23)17(28)14-5-4-9-25(11-14)16(27)13-26-15(20-21-22-26)12-24-7-2-3-8-24/h6,10,14H,2-5,7-9,11-13H2,1H3. The molecule has 1 atom stereocenters. The Bertz CT molecular complexity index is 838. The summed E-state index contributed by atoms with van der Waals surface area (Å²) in [6.07, 6.45) is 7.36. The van der Waals surface area contributed by atoms with Gasteiger partial charge in [-0.25, -0.2) is 9.67 Å². The summed E-state index contributed by atoms with van der Waals surface area (Å²) < 4.78 is 3.32. The number of amides is 1. The number of hydrogen-bond donors (Lipinski definition) is 0. The summed E-state index contributed by atoms with van der Waals surface area (Å²) in [5, 5.41) is 11.8. The van der Waals surface area contributed by atoms with Crippen LogP contribution in [0.15, 0.2) is 12.4 Å². The minimum atomic E-state index is -0.211. The summed E-state index contributed by atoms with van der Waals surface area (Å²) in [5.74, 6) is 0.909. The maximum atomic E-state index is 12.8. The highest BCUT2D eigenvalue weighted by Crippen LogP contribution is 2.21. The predicted molar refractivity (Wildman–Crippen MR) is 99.2 cm³/mol. The Morgan fingerprint density at radius 3 is 2.75 bits per heavy atom. The topological polar surface area (TPSA) is 102 Å². The van der Waals surface area contributed by atoms with Crippen LogP contribution in [0.2, 0.25) is 0 Å². The third kappa shape index (κ3) is 3.96. The third-order valence-electron chi connectivity index (χ3n) is 5.64. The Morgan fingerprint density at radius 2 is 2.00 bits per heavy atom. The molecule has 0 saturated carbocycles. The second-order valence-corrected chi connectivity index (χ2v) is 7.64. The Balaban J connectivity index is 1.38. The molecule has 2 saturated heterocycles. The van der Waals surface area contributed by atoms with Crippen molar-refractivity contribution >= 4 is 11.7 Å². The van der Waals surface area contributed by atoms with Gasteiger partial charge in [0, 0.05) is 38.4 Å². The number of aryl methyl sites for hydroxylation is 1. The number of carbonyl (C=O) groups is 2. The molecule has 0 N–H and O–H groups in total. The molecule has 2 aliphatic rings. The van der Waals surface area contributed by atoms with Crippen LogP contribution < -0.4 is 0 Å². The fourth-order valence-electron chi connectivity index (χ4n) is 4.03. The summed E-state index contributed by atoms with van der Waals surface area (Å²) in [4.78, 5) is 33.8. The van der Waals surface area contributed by atoms with E-state index in [9.17, 15) is 9.59 Å². The van der Waals surface area contributed by atoms with Gasteiger partial charge in [-0.1, -0.05) is 0 Å². The molecular weight excluding hydrogens is 360 g/mol. The van der Waals surface area contributed by atoms with Crippen LogP contribution in [0.1, 0.15) is 42.1 Å². The number of likely N-dealkylation sites (tertiary alicyclic amines) is 2. The van der Waals surface area contributed by atoms with Gasteiger partial charge in [-0.2, -0.15) is 0 Å². The first-order valence-corrected chi connectivity index (χ1v) is 9.88. The van der Waals surface area contributed by atoms with Gasteiger partial charge in [0.25, 0.3) is 0 Å². The molecule has 1 unspecified atom stereocenters. The molecule has 28 heavy (non-hydrogen) atoms. The van der Waals surface area contributed by atoms with Crippen LogP contribution in [0, 0.1) is 5.92 Å². The van der Waals surface area contributed by atoms with Crippen molar-refractivity contribution in [3.63, 3.8) is 0 Å². The molecule has 10 heteroatoms. The summed E-state index contributed by atoms with van der Waals surface area (Å²) in [6, 6.07) is 0. The van der Waals surface area contributed by atoms with Crippen molar-refractivity contribution in [1.29, 1.82) is 0 Å². The first-order chi connectivity index (χ1) is 13.6. The van der Waals surface area contributed by atoms with Crippen molar-refractivity contribution in [2.45, 2.75) is 38.8 Å². The van der Waals surface area contributed by atoms with Crippen molar-refractivity contribution in [3.8, 4) is 0 Å². The van der Waals surface area contributed by atoms with Crippen LogP contribution in [-0.4, -0.2) is 77.4 Å². The van der Waals surface area contributed by atoms with Crippen LogP contribution in [-0.2, 0) is 24.9 Å². The zero-order chi connectivity index (χ0) is 19.5. The number of hydrogen-bond acceptors (Lipinski definition) is 7. The normalized spacial score (nSPS) is 20.6. The fraction of sp³-hybridized carbons (Fsp3) is 0.667. The Morgan fingerprint density at radius 1 is 1.18 bits per heavy atom. The van der Waals surface area contributed by atoms with Gasteiger partial charge in [0.05, 0.1) is 6.54 Å². The molecule has 10 nitrogen and oxygen atoms in total. The lowest BCUT2D eigenvalue weighted by Crippen LogP contribution is -2.44. The van der Waals surface area contributed by atoms with E-state index in [2.05, 4.69) is 25.4 Å². The average Bonchev–Trinajstić information content (AvgIpc) is 3.45. The molecule has 1 amide bonds. The van der Waals surface area contributed by atoms with Gasteiger partial charge in [0.2, 0.25) is 11.7 Å². The van der Waals surface area contributed by atoms with Gasteiger partial charge in [-0.05, 0) is 49.2 Å². The quantitative estimate of drug-likeness (QED) is 0.650. The van der Waals surface area contributed by atoms with E-state index in [-0.39, 0.29) is 24.2 Å². The van der Waals surface area contributed by atoms with Crippen molar-refractivity contribution in [1.82, 2.24) is 39.6 Å². The first-order valence-electron chi connectivity index (χ1n) is 9.88. The number of nitrogens with zero attached hydrogens (tertiary/aromatic N) is 8. The first kappa shape index (κ1) is 18.7. The lowest BCUT2D eigenvalue weighted by atomic mass is 9.93. The van der Waals surface area contributed by atoms with Gasteiger partial charge in [0.15, 0.2) is 11.6 Å². The summed E-state index contributed by atoms with van der Waals surface area (Å²) >= 11 is 0. The molecule has 0 bridgehead atoms. The highest BCUT2D eigenvalue weighted by Gasteiger charge is 2.31. The smallest absolute Gasteiger partial charge is 0.244 e. The fourth-order valence-corrected chi connectivity index (χ4v) is 4.03. The summed E-state index contributed by atoms with van der Waals surface area (Å²) in [5.41, 5.74) is 0. The van der Waals surface area contributed by atoms with E-state index in [0.29, 0.717) is 31.3 Å². The highest BCUT2D eigenvalue weighted by atomic mass is 16.2. The molecule has 150 valence electrons. The largest absolute Gasteiger partial charge is 0.340 e. The van der Waals surface area contributed by atoms with Crippen LogP contribution in [0.4, 0.5) is 0 Å². The maximum absolute atomic E-state index is 12.8. The molecule has 4 rings (SSSR count). The van der Waals surface area contributed by atoms with E-state index in [1.165, 1.54) is 12.8 Å². The zero-order valence-electron chi connectivity index (χ0n) is 16.2. The van der Waals surface area contributed by atoms with E-state index < -0.39 is 0 Å². The second-order valence-electron chi connectivity index (χ2n) is 7.64. The maximum Gasteiger partial charge on any atom is 0.244 e. The van der Waals surface area contributed by atoms with Gasteiger partial charge >= 0.3 is 0 Å². The number of tetrazole rings is 1. The average molecular weight is 386 g/mol. The Hall–Kier alpha value is -2.62. The second kappa shape index (κ2) is 8.17. The Kier molecular flexibility index (Phi) is 5.47. The molecule has 0 aliphatic carbocycles. The molecule has 0 spiro atoms. The number of carbonyl (C=O) groups excluding carboxylic acids is 2. The zero-order valence-corrected chi connectivity index (χ0v) is 16.2. The highest BCUT2D eigenvalue weighted by molar-refractivity contribution is 5.95. The molecule has 2 aromatic heterocycles. The minimum absolute atomic E-state index is 0.00199. The van der Waals surface area contributed by atoms with E-state index in [4.69, 9.17) is 0 Å². The number of aromatic nitrogens is 6. The molecule has 4 heterocycles. The van der Waals surface area contributed by atoms with Crippen molar-refractivity contribution in [3.05, 3.63) is 24.0 Å². The van der Waals surface area contributed by atoms with Crippen LogP contribution in [0.5, 0.6) is 0 Å². The van der Waals surface area contributed by atoms with Crippen molar-refractivity contribution in [2.24, 2.45) is 13.0 Å². The summed E-state index contributed by atoms with van der Waals surface area (Å²) in [6.45, 7) is 3.95. The van der Waals surface area contributed by atoms with Crippen molar-refractivity contribution in [2.75, 3.05) is 26.2 Å². The van der Waals surface area contributed by atoms with Crippen LogP contribution in [0.25, 0.3) is 0 Å². The van der Waals surface area contributed by atoms with Gasteiger partial charge in [-0.15, -0.1) is 5.10 Å². The molecule has 0 aromatic carbocycles. The summed E-state index contributed by atoms with van der Waals surface area (Å²) in [7, 11) is 1.81. The lowest BCUT2D eigenvalue weighted by molar-refractivity contribution is -0.133. The van der Waals surface area contributed by atoms with Crippen molar-refractivity contribution < 1.29 is 9.59 Å². The SMILES string of the molecule is Cn1ccnc1C(=O)C1CCCN(C(=O)Cn2nnnc2CN2CCCC2)C1.